The molecule has 5 nitrogen and oxygen atoms in total. The van der Waals surface area contributed by atoms with Gasteiger partial charge < -0.3 is 10.3 Å². The number of nitrogens with zero attached hydrogens (tertiary/aromatic N) is 1. The van der Waals surface area contributed by atoms with Crippen molar-refractivity contribution in [2.75, 3.05) is 5.32 Å². The largest absolute Gasteiger partial charge is 0.326 e. The van der Waals surface area contributed by atoms with Crippen LogP contribution in [-0.2, 0) is 11.2 Å². The normalized spacial score (nSPS) is 11.9. The standard InChI is InChI=1S/C21H19ClFN3O2S/c1-12-16(11-19(27)25-15-8-9-18(23)17(22)10-15)20(28)26-21(24-12)29-13(2)14-6-4-3-5-7-14/h3-10,13H,11H2,1-2H3,(H,25,27)(H,24,26,28). The number of rotatable bonds is 6. The first-order valence-electron chi connectivity index (χ1n) is 8.90. The third-order valence-corrected chi connectivity index (χ3v) is 5.63. The van der Waals surface area contributed by atoms with E-state index in [0.717, 1.165) is 11.6 Å². The fourth-order valence-corrected chi connectivity index (χ4v) is 3.90. The molecule has 0 saturated carbocycles. The van der Waals surface area contributed by atoms with Crippen LogP contribution in [0.15, 0.2) is 58.5 Å². The molecular weight excluding hydrogens is 413 g/mol. The van der Waals surface area contributed by atoms with Crippen LogP contribution in [0.3, 0.4) is 0 Å². The summed E-state index contributed by atoms with van der Waals surface area (Å²) in [5.41, 5.74) is 1.90. The monoisotopic (exact) mass is 431 g/mol. The fourth-order valence-electron chi connectivity index (χ4n) is 2.75. The predicted octanol–water partition coefficient (Wildman–Crippen LogP) is 4.91. The minimum atomic E-state index is -0.570. The lowest BCUT2D eigenvalue weighted by Crippen LogP contribution is -2.23. The highest BCUT2D eigenvalue weighted by Crippen LogP contribution is 2.32. The number of halogens is 2. The number of aromatic amines is 1. The molecule has 1 amide bonds. The zero-order valence-corrected chi connectivity index (χ0v) is 17.4. The third-order valence-electron chi connectivity index (χ3n) is 4.30. The molecule has 150 valence electrons. The maximum absolute atomic E-state index is 13.2. The van der Waals surface area contributed by atoms with Gasteiger partial charge in [0, 0.05) is 22.2 Å². The highest BCUT2D eigenvalue weighted by Gasteiger charge is 2.15. The molecule has 1 heterocycles. The molecule has 2 aromatic carbocycles. The van der Waals surface area contributed by atoms with Gasteiger partial charge in [-0.3, -0.25) is 9.59 Å². The second-order valence-electron chi connectivity index (χ2n) is 6.46. The minimum absolute atomic E-state index is 0.0904. The molecule has 1 unspecified atom stereocenters. The number of H-pyrrole nitrogens is 1. The third kappa shape index (κ3) is 5.46. The summed E-state index contributed by atoms with van der Waals surface area (Å²) in [5.74, 6) is -0.986. The van der Waals surface area contributed by atoms with Crippen molar-refractivity contribution in [2.24, 2.45) is 0 Å². The summed E-state index contributed by atoms with van der Waals surface area (Å²) in [7, 11) is 0. The van der Waals surface area contributed by atoms with E-state index in [-0.39, 0.29) is 27.8 Å². The molecule has 0 aliphatic rings. The Morgan fingerprint density at radius 3 is 2.66 bits per heavy atom. The van der Waals surface area contributed by atoms with Gasteiger partial charge in [-0.1, -0.05) is 53.7 Å². The molecule has 0 spiro atoms. The van der Waals surface area contributed by atoms with Crippen LogP contribution in [0.4, 0.5) is 10.1 Å². The van der Waals surface area contributed by atoms with E-state index < -0.39 is 11.7 Å². The maximum Gasteiger partial charge on any atom is 0.255 e. The predicted molar refractivity (Wildman–Crippen MR) is 114 cm³/mol. The van der Waals surface area contributed by atoms with Gasteiger partial charge in [0.15, 0.2) is 5.16 Å². The Labute approximate surface area is 176 Å². The van der Waals surface area contributed by atoms with Crippen molar-refractivity contribution in [3.05, 3.63) is 86.5 Å². The van der Waals surface area contributed by atoms with Crippen molar-refractivity contribution in [1.82, 2.24) is 9.97 Å². The van der Waals surface area contributed by atoms with Gasteiger partial charge >= 0.3 is 0 Å². The van der Waals surface area contributed by atoms with Crippen molar-refractivity contribution in [3.8, 4) is 0 Å². The van der Waals surface area contributed by atoms with Crippen molar-refractivity contribution in [3.63, 3.8) is 0 Å². The van der Waals surface area contributed by atoms with Crippen LogP contribution in [0.5, 0.6) is 0 Å². The second kappa shape index (κ2) is 9.24. The summed E-state index contributed by atoms with van der Waals surface area (Å²) in [6.45, 7) is 3.73. The topological polar surface area (TPSA) is 74.8 Å². The zero-order valence-electron chi connectivity index (χ0n) is 15.8. The van der Waals surface area contributed by atoms with Gasteiger partial charge in [-0.25, -0.2) is 9.37 Å². The van der Waals surface area contributed by atoms with Gasteiger partial charge in [0.25, 0.3) is 5.56 Å². The maximum atomic E-state index is 13.2. The minimum Gasteiger partial charge on any atom is -0.326 e. The second-order valence-corrected chi connectivity index (χ2v) is 8.20. The molecule has 0 aliphatic heterocycles. The number of hydrogen-bond acceptors (Lipinski definition) is 4. The summed E-state index contributed by atoms with van der Waals surface area (Å²) in [6.07, 6.45) is -0.150. The van der Waals surface area contributed by atoms with Gasteiger partial charge in [0.05, 0.1) is 11.4 Å². The Kier molecular flexibility index (Phi) is 6.71. The lowest BCUT2D eigenvalue weighted by atomic mass is 10.1. The van der Waals surface area contributed by atoms with E-state index in [1.165, 1.54) is 23.9 Å². The average Bonchev–Trinajstić information content (AvgIpc) is 2.68. The zero-order chi connectivity index (χ0) is 21.0. The molecule has 3 aromatic rings. The van der Waals surface area contributed by atoms with E-state index >= 15 is 0 Å². The highest BCUT2D eigenvalue weighted by atomic mass is 35.5. The van der Waals surface area contributed by atoms with Crippen molar-refractivity contribution in [2.45, 2.75) is 30.7 Å². The molecule has 1 atom stereocenters. The molecule has 0 bridgehead atoms. The van der Waals surface area contributed by atoms with Crippen LogP contribution in [0, 0.1) is 12.7 Å². The summed E-state index contributed by atoms with van der Waals surface area (Å²) in [6, 6.07) is 13.8. The van der Waals surface area contributed by atoms with Gasteiger partial charge in [0.1, 0.15) is 5.82 Å². The molecule has 0 radical (unpaired) electrons. The number of thioether (sulfide) groups is 1. The van der Waals surface area contributed by atoms with E-state index in [9.17, 15) is 14.0 Å². The van der Waals surface area contributed by atoms with Crippen LogP contribution in [-0.4, -0.2) is 15.9 Å². The van der Waals surface area contributed by atoms with E-state index in [1.54, 1.807) is 6.92 Å². The quantitative estimate of drug-likeness (QED) is 0.429. The number of amides is 1. The average molecular weight is 432 g/mol. The molecule has 1 aromatic heterocycles. The molecular formula is C21H19ClFN3O2S. The molecule has 3 rings (SSSR count). The number of benzene rings is 2. The number of anilines is 1. The highest BCUT2D eigenvalue weighted by molar-refractivity contribution is 7.99. The van der Waals surface area contributed by atoms with Crippen LogP contribution in [0.25, 0.3) is 0 Å². The van der Waals surface area contributed by atoms with Gasteiger partial charge in [-0.15, -0.1) is 0 Å². The Morgan fingerprint density at radius 1 is 1.28 bits per heavy atom. The first-order chi connectivity index (χ1) is 13.8. The molecule has 0 aliphatic carbocycles. The number of carbonyl (C=O) groups is 1. The van der Waals surface area contributed by atoms with Gasteiger partial charge in [-0.05, 0) is 37.6 Å². The van der Waals surface area contributed by atoms with E-state index in [4.69, 9.17) is 11.6 Å². The molecule has 2 N–H and O–H groups in total. The lowest BCUT2D eigenvalue weighted by molar-refractivity contribution is -0.115. The van der Waals surface area contributed by atoms with Crippen LogP contribution in [0.1, 0.15) is 29.0 Å². The van der Waals surface area contributed by atoms with Crippen molar-refractivity contribution in [1.29, 1.82) is 0 Å². The van der Waals surface area contributed by atoms with Gasteiger partial charge in [-0.2, -0.15) is 0 Å². The Bertz CT molecular complexity index is 1090. The van der Waals surface area contributed by atoms with Crippen LogP contribution >= 0.6 is 23.4 Å². The molecule has 29 heavy (non-hydrogen) atoms. The number of hydrogen-bond donors (Lipinski definition) is 2. The van der Waals surface area contributed by atoms with Gasteiger partial charge in [0.2, 0.25) is 5.91 Å². The summed E-state index contributed by atoms with van der Waals surface area (Å²) < 4.78 is 13.2. The summed E-state index contributed by atoms with van der Waals surface area (Å²) in [4.78, 5) is 32.0. The van der Waals surface area contributed by atoms with Crippen LogP contribution < -0.4 is 10.9 Å². The van der Waals surface area contributed by atoms with Crippen molar-refractivity contribution >= 4 is 35.0 Å². The number of nitrogens with one attached hydrogen (secondary N) is 2. The molecule has 0 fully saturated rings. The summed E-state index contributed by atoms with van der Waals surface area (Å²) in [5, 5.41) is 3.12. The van der Waals surface area contributed by atoms with Crippen molar-refractivity contribution < 1.29 is 9.18 Å². The molecule has 8 heteroatoms. The smallest absolute Gasteiger partial charge is 0.255 e. The number of aryl methyl sites for hydroxylation is 1. The number of carbonyl (C=O) groups excluding carboxylic acids is 1. The first-order valence-corrected chi connectivity index (χ1v) is 10.2. The van der Waals surface area contributed by atoms with Crippen LogP contribution in [0.2, 0.25) is 5.02 Å². The Balaban J connectivity index is 1.71. The fraction of sp³-hybridized carbons (Fsp3) is 0.190. The first kappa shape index (κ1) is 21.1. The van der Waals surface area contributed by atoms with E-state index in [2.05, 4.69) is 15.3 Å². The SMILES string of the molecule is Cc1nc(SC(C)c2ccccc2)[nH]c(=O)c1CC(=O)Nc1ccc(F)c(Cl)c1. The van der Waals surface area contributed by atoms with E-state index in [0.29, 0.717) is 16.5 Å². The molecule has 0 saturated heterocycles. The Morgan fingerprint density at radius 2 is 2.00 bits per heavy atom. The summed E-state index contributed by atoms with van der Waals surface area (Å²) >= 11 is 7.16. The Hall–Kier alpha value is -2.64. The lowest BCUT2D eigenvalue weighted by Gasteiger charge is -2.12. The van der Waals surface area contributed by atoms with E-state index in [1.807, 2.05) is 37.3 Å². The number of aromatic nitrogens is 2.